The molecular weight excluding hydrogens is 222 g/mol. The molecule has 1 atom stereocenters. The van der Waals surface area contributed by atoms with E-state index in [1.54, 1.807) is 11.3 Å². The number of carbonyl (C=O) groups is 1. The van der Waals surface area contributed by atoms with Gasteiger partial charge in [0, 0.05) is 11.4 Å². The van der Waals surface area contributed by atoms with Gasteiger partial charge in [0.25, 0.3) is 0 Å². The molecule has 1 aromatic heterocycles. The quantitative estimate of drug-likeness (QED) is 0.827. The maximum atomic E-state index is 11.8. The number of nitrogens with zero attached hydrogens (tertiary/aromatic N) is 1. The maximum absolute atomic E-state index is 11.8. The van der Waals surface area contributed by atoms with Crippen LogP contribution < -0.4 is 10.6 Å². The van der Waals surface area contributed by atoms with E-state index in [1.807, 2.05) is 13.8 Å². The molecule has 0 spiro atoms. The third-order valence-corrected chi connectivity index (χ3v) is 3.93. The Labute approximate surface area is 99.5 Å². The van der Waals surface area contributed by atoms with Gasteiger partial charge in [0.05, 0.1) is 23.2 Å². The first-order valence-corrected chi connectivity index (χ1v) is 6.40. The molecule has 1 amide bonds. The van der Waals surface area contributed by atoms with Crippen molar-refractivity contribution in [3.63, 3.8) is 0 Å². The standard InChI is InChI=1S/C11H17N3OS/c1-7-10(16-8(2)14-7)6-13-11(15)9-3-4-12-5-9/h9,12H,3-6H2,1-2H3,(H,13,15). The fourth-order valence-electron chi connectivity index (χ4n) is 1.93. The lowest BCUT2D eigenvalue weighted by Gasteiger charge is -2.08. The molecule has 0 aliphatic carbocycles. The van der Waals surface area contributed by atoms with Crippen LogP contribution in [0.5, 0.6) is 0 Å². The Morgan fingerprint density at radius 2 is 2.44 bits per heavy atom. The van der Waals surface area contributed by atoms with Crippen LogP contribution in [0.1, 0.15) is 22.0 Å². The summed E-state index contributed by atoms with van der Waals surface area (Å²) in [6, 6.07) is 0. The molecule has 2 heterocycles. The Kier molecular flexibility index (Phi) is 3.56. The van der Waals surface area contributed by atoms with Crippen LogP contribution in [-0.2, 0) is 11.3 Å². The lowest BCUT2D eigenvalue weighted by molar-refractivity contribution is -0.124. The van der Waals surface area contributed by atoms with E-state index in [2.05, 4.69) is 15.6 Å². The Morgan fingerprint density at radius 3 is 3.00 bits per heavy atom. The van der Waals surface area contributed by atoms with E-state index in [1.165, 1.54) is 0 Å². The van der Waals surface area contributed by atoms with Crippen molar-refractivity contribution in [2.75, 3.05) is 13.1 Å². The Balaban J connectivity index is 1.87. The molecule has 0 saturated carbocycles. The molecule has 1 fully saturated rings. The van der Waals surface area contributed by atoms with Crippen molar-refractivity contribution in [2.24, 2.45) is 5.92 Å². The molecule has 2 rings (SSSR count). The van der Waals surface area contributed by atoms with Gasteiger partial charge < -0.3 is 10.6 Å². The van der Waals surface area contributed by atoms with E-state index in [0.717, 1.165) is 35.1 Å². The SMILES string of the molecule is Cc1nc(C)c(CNC(=O)C2CCNC2)s1. The van der Waals surface area contributed by atoms with E-state index in [-0.39, 0.29) is 11.8 Å². The van der Waals surface area contributed by atoms with Crippen molar-refractivity contribution in [2.45, 2.75) is 26.8 Å². The number of aryl methyl sites for hydroxylation is 2. The van der Waals surface area contributed by atoms with Gasteiger partial charge in [0.1, 0.15) is 0 Å². The van der Waals surface area contributed by atoms with Crippen molar-refractivity contribution < 1.29 is 4.79 Å². The number of aromatic nitrogens is 1. The summed E-state index contributed by atoms with van der Waals surface area (Å²) in [7, 11) is 0. The molecule has 1 saturated heterocycles. The Bertz CT molecular complexity index is 383. The summed E-state index contributed by atoms with van der Waals surface area (Å²) in [5.74, 6) is 0.310. The minimum absolute atomic E-state index is 0.148. The van der Waals surface area contributed by atoms with Gasteiger partial charge in [0.2, 0.25) is 5.91 Å². The fraction of sp³-hybridized carbons (Fsp3) is 0.636. The first kappa shape index (κ1) is 11.5. The Hall–Kier alpha value is -0.940. The van der Waals surface area contributed by atoms with E-state index in [0.29, 0.717) is 6.54 Å². The number of nitrogens with one attached hydrogen (secondary N) is 2. The zero-order chi connectivity index (χ0) is 11.5. The van der Waals surface area contributed by atoms with Crippen LogP contribution in [0, 0.1) is 19.8 Å². The molecule has 16 heavy (non-hydrogen) atoms. The van der Waals surface area contributed by atoms with Crippen LogP contribution >= 0.6 is 11.3 Å². The van der Waals surface area contributed by atoms with Gasteiger partial charge in [-0.15, -0.1) is 11.3 Å². The molecule has 1 aliphatic heterocycles. The van der Waals surface area contributed by atoms with Gasteiger partial charge in [0.15, 0.2) is 0 Å². The molecule has 0 aromatic carbocycles. The molecule has 2 N–H and O–H groups in total. The third-order valence-electron chi connectivity index (χ3n) is 2.85. The average molecular weight is 239 g/mol. The van der Waals surface area contributed by atoms with Gasteiger partial charge in [-0.1, -0.05) is 0 Å². The monoisotopic (exact) mass is 239 g/mol. The first-order valence-electron chi connectivity index (χ1n) is 5.58. The van der Waals surface area contributed by atoms with Crippen LogP contribution in [0.3, 0.4) is 0 Å². The lowest BCUT2D eigenvalue weighted by atomic mass is 10.1. The molecular formula is C11H17N3OS. The second-order valence-corrected chi connectivity index (χ2v) is 5.44. The predicted molar refractivity (Wildman–Crippen MR) is 64.4 cm³/mol. The van der Waals surface area contributed by atoms with Crippen LogP contribution in [0.2, 0.25) is 0 Å². The van der Waals surface area contributed by atoms with Crippen LogP contribution in [-0.4, -0.2) is 24.0 Å². The highest BCUT2D eigenvalue weighted by Gasteiger charge is 2.22. The van der Waals surface area contributed by atoms with Crippen LogP contribution in [0.4, 0.5) is 0 Å². The molecule has 5 heteroatoms. The minimum Gasteiger partial charge on any atom is -0.351 e. The summed E-state index contributed by atoms with van der Waals surface area (Å²) < 4.78 is 0. The molecule has 0 radical (unpaired) electrons. The van der Waals surface area contributed by atoms with Gasteiger partial charge >= 0.3 is 0 Å². The largest absolute Gasteiger partial charge is 0.351 e. The van der Waals surface area contributed by atoms with Gasteiger partial charge in [-0.3, -0.25) is 4.79 Å². The fourth-order valence-corrected chi connectivity index (χ4v) is 2.80. The zero-order valence-electron chi connectivity index (χ0n) is 9.67. The topological polar surface area (TPSA) is 54.0 Å². The minimum atomic E-state index is 0.148. The van der Waals surface area contributed by atoms with E-state index >= 15 is 0 Å². The first-order chi connectivity index (χ1) is 7.66. The highest BCUT2D eigenvalue weighted by atomic mass is 32.1. The van der Waals surface area contributed by atoms with Gasteiger partial charge in [-0.25, -0.2) is 4.98 Å². The van der Waals surface area contributed by atoms with Crippen molar-refractivity contribution in [1.29, 1.82) is 0 Å². The van der Waals surface area contributed by atoms with Gasteiger partial charge in [-0.2, -0.15) is 0 Å². The molecule has 1 aliphatic rings. The van der Waals surface area contributed by atoms with Crippen LogP contribution in [0.15, 0.2) is 0 Å². The molecule has 1 aromatic rings. The van der Waals surface area contributed by atoms with Crippen molar-refractivity contribution in [3.8, 4) is 0 Å². The maximum Gasteiger partial charge on any atom is 0.224 e. The molecule has 1 unspecified atom stereocenters. The molecule has 4 nitrogen and oxygen atoms in total. The third kappa shape index (κ3) is 2.59. The second kappa shape index (κ2) is 4.93. The highest BCUT2D eigenvalue weighted by molar-refractivity contribution is 7.11. The number of hydrogen-bond donors (Lipinski definition) is 2. The van der Waals surface area contributed by atoms with E-state index in [4.69, 9.17) is 0 Å². The number of amides is 1. The number of carbonyl (C=O) groups excluding carboxylic acids is 1. The Morgan fingerprint density at radius 1 is 1.62 bits per heavy atom. The zero-order valence-corrected chi connectivity index (χ0v) is 10.5. The second-order valence-electron chi connectivity index (χ2n) is 4.15. The normalized spacial score (nSPS) is 20.0. The number of hydrogen-bond acceptors (Lipinski definition) is 4. The summed E-state index contributed by atoms with van der Waals surface area (Å²) >= 11 is 1.66. The van der Waals surface area contributed by atoms with Gasteiger partial charge in [-0.05, 0) is 26.8 Å². The average Bonchev–Trinajstić information content (AvgIpc) is 2.84. The van der Waals surface area contributed by atoms with Crippen LogP contribution in [0.25, 0.3) is 0 Å². The molecule has 0 bridgehead atoms. The van der Waals surface area contributed by atoms with E-state index < -0.39 is 0 Å². The van der Waals surface area contributed by atoms with Crippen molar-refractivity contribution in [1.82, 2.24) is 15.6 Å². The van der Waals surface area contributed by atoms with Crippen molar-refractivity contribution >= 4 is 17.2 Å². The van der Waals surface area contributed by atoms with Crippen molar-refractivity contribution in [3.05, 3.63) is 15.6 Å². The number of thiazole rings is 1. The van der Waals surface area contributed by atoms with E-state index in [9.17, 15) is 4.79 Å². The summed E-state index contributed by atoms with van der Waals surface area (Å²) in [6.07, 6.45) is 0.951. The lowest BCUT2D eigenvalue weighted by Crippen LogP contribution is -2.31. The highest BCUT2D eigenvalue weighted by Crippen LogP contribution is 2.17. The summed E-state index contributed by atoms with van der Waals surface area (Å²) in [4.78, 5) is 17.3. The smallest absolute Gasteiger partial charge is 0.224 e. The molecule has 88 valence electrons. The summed E-state index contributed by atoms with van der Waals surface area (Å²) in [5.41, 5.74) is 1.03. The summed E-state index contributed by atoms with van der Waals surface area (Å²) in [5, 5.41) is 7.24. The summed E-state index contributed by atoms with van der Waals surface area (Å²) in [6.45, 7) is 6.36. The predicted octanol–water partition coefficient (Wildman–Crippen LogP) is 0.986. The number of rotatable bonds is 3.